The Bertz CT molecular complexity index is 674. The maximum atomic E-state index is 11.8. The van der Waals surface area contributed by atoms with Gasteiger partial charge in [0.1, 0.15) is 0 Å². The number of hydrogen-bond acceptors (Lipinski definition) is 7. The Labute approximate surface area is 123 Å². The lowest BCUT2D eigenvalue weighted by Crippen LogP contribution is -2.05. The van der Waals surface area contributed by atoms with Crippen molar-refractivity contribution in [2.24, 2.45) is 0 Å². The first-order valence-corrected chi connectivity index (χ1v) is 6.75. The predicted molar refractivity (Wildman–Crippen MR) is 73.6 cm³/mol. The van der Waals surface area contributed by atoms with Crippen LogP contribution in [0, 0.1) is 0 Å². The van der Waals surface area contributed by atoms with E-state index in [2.05, 4.69) is 0 Å². The Morgan fingerprint density at radius 2 is 1.33 bits per heavy atom. The number of methoxy groups -OCH3 is 2. The topological polar surface area (TPSA) is 71.1 Å². The number of carbonyl (C=O) groups is 2. The molecular formula is C14H10O6S. The second kappa shape index (κ2) is 5.10. The van der Waals surface area contributed by atoms with Gasteiger partial charge < -0.3 is 18.9 Å². The zero-order valence-corrected chi connectivity index (χ0v) is 12.0. The molecule has 0 saturated carbocycles. The van der Waals surface area contributed by atoms with Crippen molar-refractivity contribution in [2.75, 3.05) is 14.2 Å². The van der Waals surface area contributed by atoms with Crippen molar-refractivity contribution < 1.29 is 28.5 Å². The molecule has 1 aliphatic rings. The molecule has 0 aliphatic carbocycles. The van der Waals surface area contributed by atoms with Gasteiger partial charge in [-0.2, -0.15) is 0 Å². The van der Waals surface area contributed by atoms with Crippen LogP contribution in [0.25, 0.3) is 0 Å². The summed E-state index contributed by atoms with van der Waals surface area (Å²) in [5.41, 5.74) is 0. The molecule has 1 aliphatic heterocycles. The van der Waals surface area contributed by atoms with Gasteiger partial charge in [-0.05, 0) is 12.1 Å². The largest absolute Gasteiger partial charge is 0.465 e. The fraction of sp³-hybridized carbons (Fsp3) is 0.143. The summed E-state index contributed by atoms with van der Waals surface area (Å²) >= 11 is 0.912. The molecule has 108 valence electrons. The number of benzene rings is 1. The molecule has 0 radical (unpaired) electrons. The van der Waals surface area contributed by atoms with E-state index < -0.39 is 11.9 Å². The molecule has 0 atom stereocenters. The summed E-state index contributed by atoms with van der Waals surface area (Å²) in [6.45, 7) is 0. The lowest BCUT2D eigenvalue weighted by Gasteiger charge is -2.18. The van der Waals surface area contributed by atoms with Gasteiger partial charge >= 0.3 is 11.9 Å². The SMILES string of the molecule is COC(=O)c1sc(C(=O)OC)c2c1Oc1ccccc1O2. The van der Waals surface area contributed by atoms with Gasteiger partial charge in [0.2, 0.25) is 0 Å². The number of hydrogen-bond donors (Lipinski definition) is 0. The zero-order chi connectivity index (χ0) is 15.0. The van der Waals surface area contributed by atoms with Crippen LogP contribution in [0.3, 0.4) is 0 Å². The van der Waals surface area contributed by atoms with E-state index >= 15 is 0 Å². The maximum Gasteiger partial charge on any atom is 0.352 e. The standard InChI is InChI=1S/C14H10O6S/c1-17-13(15)11-9-10(12(21-11)14(16)18-2)20-8-6-4-3-5-7(8)19-9/h3-6H,1-2H3. The summed E-state index contributed by atoms with van der Waals surface area (Å²) in [5.74, 6) is 0.0643. The molecule has 0 N–H and O–H groups in total. The minimum absolute atomic E-state index is 0.155. The highest BCUT2D eigenvalue weighted by Crippen LogP contribution is 2.52. The first-order valence-electron chi connectivity index (χ1n) is 5.94. The molecule has 0 fully saturated rings. The molecule has 2 heterocycles. The highest BCUT2D eigenvalue weighted by molar-refractivity contribution is 7.16. The molecule has 0 bridgehead atoms. The summed E-state index contributed by atoms with van der Waals surface area (Å²) in [5, 5.41) is 0. The third-order valence-electron chi connectivity index (χ3n) is 2.84. The molecule has 0 saturated heterocycles. The van der Waals surface area contributed by atoms with Gasteiger partial charge in [-0.15, -0.1) is 11.3 Å². The molecule has 21 heavy (non-hydrogen) atoms. The number of rotatable bonds is 2. The van der Waals surface area contributed by atoms with Crippen LogP contribution in [0.2, 0.25) is 0 Å². The maximum absolute atomic E-state index is 11.8. The minimum atomic E-state index is -0.602. The van der Waals surface area contributed by atoms with E-state index in [0.29, 0.717) is 11.5 Å². The summed E-state index contributed by atoms with van der Waals surface area (Å²) in [4.78, 5) is 24.0. The normalized spacial score (nSPS) is 11.5. The second-order valence-corrected chi connectivity index (χ2v) is 5.07. The zero-order valence-electron chi connectivity index (χ0n) is 11.2. The molecule has 6 nitrogen and oxygen atoms in total. The van der Waals surface area contributed by atoms with Crippen molar-refractivity contribution in [3.05, 3.63) is 34.0 Å². The van der Waals surface area contributed by atoms with Crippen LogP contribution in [-0.4, -0.2) is 26.2 Å². The van der Waals surface area contributed by atoms with Crippen LogP contribution in [0.5, 0.6) is 23.0 Å². The first-order chi connectivity index (χ1) is 10.2. The van der Waals surface area contributed by atoms with E-state index in [1.165, 1.54) is 14.2 Å². The number of esters is 2. The van der Waals surface area contributed by atoms with E-state index in [-0.39, 0.29) is 21.3 Å². The number of thiophene rings is 1. The average molecular weight is 306 g/mol. The monoisotopic (exact) mass is 306 g/mol. The van der Waals surface area contributed by atoms with Crippen molar-refractivity contribution in [1.29, 1.82) is 0 Å². The molecular weight excluding hydrogens is 296 g/mol. The highest BCUT2D eigenvalue weighted by atomic mass is 32.1. The number of para-hydroxylation sites is 2. The summed E-state index contributed by atoms with van der Waals surface area (Å²) in [7, 11) is 2.51. The Hall–Kier alpha value is -2.54. The van der Waals surface area contributed by atoms with Gasteiger partial charge in [0.05, 0.1) is 14.2 Å². The van der Waals surface area contributed by atoms with Gasteiger partial charge in [0.25, 0.3) is 0 Å². The van der Waals surface area contributed by atoms with Crippen molar-refractivity contribution in [3.63, 3.8) is 0 Å². The van der Waals surface area contributed by atoms with Crippen molar-refractivity contribution in [1.82, 2.24) is 0 Å². The number of ether oxygens (including phenoxy) is 4. The molecule has 3 rings (SSSR count). The number of carbonyl (C=O) groups excluding carboxylic acids is 2. The Balaban J connectivity index is 2.15. The third kappa shape index (κ3) is 2.11. The third-order valence-corrected chi connectivity index (χ3v) is 3.95. The van der Waals surface area contributed by atoms with Crippen molar-refractivity contribution in [2.45, 2.75) is 0 Å². The van der Waals surface area contributed by atoms with E-state index in [1.54, 1.807) is 24.3 Å². The fourth-order valence-corrected chi connectivity index (χ4v) is 2.87. The smallest absolute Gasteiger partial charge is 0.352 e. The van der Waals surface area contributed by atoms with Crippen LogP contribution in [0.15, 0.2) is 24.3 Å². The Kier molecular flexibility index (Phi) is 3.26. The summed E-state index contributed by atoms with van der Waals surface area (Å²) in [6, 6.07) is 6.96. The Morgan fingerprint density at radius 1 is 0.905 bits per heavy atom. The molecule has 0 spiro atoms. The second-order valence-electron chi connectivity index (χ2n) is 4.05. The van der Waals surface area contributed by atoms with E-state index in [0.717, 1.165) is 11.3 Å². The fourth-order valence-electron chi connectivity index (χ4n) is 1.88. The van der Waals surface area contributed by atoms with Crippen LogP contribution in [0.1, 0.15) is 19.3 Å². The van der Waals surface area contributed by atoms with Crippen molar-refractivity contribution in [3.8, 4) is 23.0 Å². The lowest BCUT2D eigenvalue weighted by atomic mass is 10.2. The molecule has 2 aromatic rings. The van der Waals surface area contributed by atoms with Crippen LogP contribution >= 0.6 is 11.3 Å². The molecule has 1 aromatic carbocycles. The van der Waals surface area contributed by atoms with Gasteiger partial charge in [0, 0.05) is 0 Å². The predicted octanol–water partition coefficient (Wildman–Crippen LogP) is 3.22. The highest BCUT2D eigenvalue weighted by Gasteiger charge is 2.34. The van der Waals surface area contributed by atoms with Gasteiger partial charge in [-0.25, -0.2) is 9.59 Å². The van der Waals surface area contributed by atoms with Gasteiger partial charge in [0.15, 0.2) is 32.8 Å². The molecule has 0 amide bonds. The van der Waals surface area contributed by atoms with Crippen LogP contribution in [-0.2, 0) is 9.47 Å². The van der Waals surface area contributed by atoms with Gasteiger partial charge in [-0.3, -0.25) is 0 Å². The lowest BCUT2D eigenvalue weighted by molar-refractivity contribution is 0.0593. The summed E-state index contributed by atoms with van der Waals surface area (Å²) in [6.07, 6.45) is 0. The quantitative estimate of drug-likeness (QED) is 0.677. The molecule has 1 aromatic heterocycles. The van der Waals surface area contributed by atoms with Crippen molar-refractivity contribution >= 4 is 23.3 Å². The van der Waals surface area contributed by atoms with Crippen LogP contribution in [0.4, 0.5) is 0 Å². The van der Waals surface area contributed by atoms with Gasteiger partial charge in [-0.1, -0.05) is 12.1 Å². The van der Waals surface area contributed by atoms with E-state index in [9.17, 15) is 9.59 Å². The molecule has 0 unspecified atom stereocenters. The van der Waals surface area contributed by atoms with Crippen LogP contribution < -0.4 is 9.47 Å². The number of fused-ring (bicyclic) bond motifs is 2. The van der Waals surface area contributed by atoms with E-state index in [1.807, 2.05) is 0 Å². The average Bonchev–Trinajstić information content (AvgIpc) is 2.89. The summed E-state index contributed by atoms with van der Waals surface area (Å²) < 4.78 is 20.8. The first kappa shape index (κ1) is 13.4. The Morgan fingerprint density at radius 3 is 1.71 bits per heavy atom. The molecule has 7 heteroatoms. The minimum Gasteiger partial charge on any atom is -0.465 e. The van der Waals surface area contributed by atoms with E-state index in [4.69, 9.17) is 18.9 Å².